The number of nitrogens with zero attached hydrogens (tertiary/aromatic N) is 1. The molecule has 0 atom stereocenters. The van der Waals surface area contributed by atoms with E-state index in [-0.39, 0.29) is 5.91 Å². The number of hydrogen-bond donors (Lipinski definition) is 1. The predicted octanol–water partition coefficient (Wildman–Crippen LogP) is 2.25. The lowest BCUT2D eigenvalue weighted by Gasteiger charge is -2.22. The third-order valence-electron chi connectivity index (χ3n) is 2.87. The van der Waals surface area contributed by atoms with Gasteiger partial charge in [-0.1, -0.05) is 12.1 Å². The highest BCUT2D eigenvalue weighted by Gasteiger charge is 2.21. The minimum absolute atomic E-state index is 0.236. The molecule has 0 saturated heterocycles. The van der Waals surface area contributed by atoms with Gasteiger partial charge in [-0.2, -0.15) is 0 Å². The Kier molecular flexibility index (Phi) is 4.45. The number of carbonyl (C=O) groups is 1. The minimum Gasteiger partial charge on any atom is -0.330 e. The molecule has 1 heterocycles. The first-order chi connectivity index (χ1) is 8.33. The van der Waals surface area contributed by atoms with Crippen molar-refractivity contribution in [1.29, 1.82) is 0 Å². The second kappa shape index (κ2) is 6.07. The van der Waals surface area contributed by atoms with Gasteiger partial charge < -0.3 is 10.6 Å². The van der Waals surface area contributed by atoms with Crippen LogP contribution >= 0.6 is 11.8 Å². The van der Waals surface area contributed by atoms with Gasteiger partial charge in [0, 0.05) is 23.6 Å². The molecule has 92 valence electrons. The van der Waals surface area contributed by atoms with Crippen molar-refractivity contribution in [2.75, 3.05) is 23.7 Å². The SMILES string of the molecule is NCCCCN1C(=O)CCSc2ccccc21. The van der Waals surface area contributed by atoms with Crippen LogP contribution in [0.25, 0.3) is 0 Å². The highest BCUT2D eigenvalue weighted by molar-refractivity contribution is 7.99. The van der Waals surface area contributed by atoms with Crippen molar-refractivity contribution in [2.24, 2.45) is 5.73 Å². The van der Waals surface area contributed by atoms with E-state index in [0.29, 0.717) is 13.0 Å². The van der Waals surface area contributed by atoms with E-state index in [1.54, 1.807) is 11.8 Å². The van der Waals surface area contributed by atoms with Gasteiger partial charge in [-0.25, -0.2) is 0 Å². The van der Waals surface area contributed by atoms with E-state index in [1.165, 1.54) is 4.90 Å². The molecule has 1 aliphatic heterocycles. The molecular weight excluding hydrogens is 232 g/mol. The summed E-state index contributed by atoms with van der Waals surface area (Å²) in [5.74, 6) is 1.11. The lowest BCUT2D eigenvalue weighted by Crippen LogP contribution is -2.31. The van der Waals surface area contributed by atoms with Gasteiger partial charge in [0.2, 0.25) is 5.91 Å². The van der Waals surface area contributed by atoms with Crippen LogP contribution in [0.15, 0.2) is 29.2 Å². The van der Waals surface area contributed by atoms with Crippen molar-refractivity contribution in [3.63, 3.8) is 0 Å². The molecule has 0 spiro atoms. The maximum Gasteiger partial charge on any atom is 0.227 e. The molecule has 0 bridgehead atoms. The number of hydrogen-bond acceptors (Lipinski definition) is 3. The molecule has 0 aromatic heterocycles. The molecule has 0 radical (unpaired) electrons. The maximum absolute atomic E-state index is 12.1. The molecule has 4 heteroatoms. The number of para-hydroxylation sites is 1. The van der Waals surface area contributed by atoms with Crippen LogP contribution in [0.4, 0.5) is 5.69 Å². The van der Waals surface area contributed by atoms with Crippen LogP contribution in [0.5, 0.6) is 0 Å². The van der Waals surface area contributed by atoms with Gasteiger partial charge in [0.15, 0.2) is 0 Å². The van der Waals surface area contributed by atoms with Gasteiger partial charge in [0.1, 0.15) is 0 Å². The molecule has 0 fully saturated rings. The number of nitrogens with two attached hydrogens (primary N) is 1. The Morgan fingerprint density at radius 1 is 1.29 bits per heavy atom. The summed E-state index contributed by atoms with van der Waals surface area (Å²) in [4.78, 5) is 15.2. The van der Waals surface area contributed by atoms with Crippen molar-refractivity contribution in [3.8, 4) is 0 Å². The van der Waals surface area contributed by atoms with Crippen LogP contribution in [-0.4, -0.2) is 24.7 Å². The Morgan fingerprint density at radius 2 is 2.12 bits per heavy atom. The van der Waals surface area contributed by atoms with Crippen molar-refractivity contribution < 1.29 is 4.79 Å². The summed E-state index contributed by atoms with van der Waals surface area (Å²) in [6, 6.07) is 8.15. The molecule has 1 aliphatic rings. The third kappa shape index (κ3) is 3.01. The Labute approximate surface area is 106 Å². The van der Waals surface area contributed by atoms with Crippen LogP contribution < -0.4 is 10.6 Å². The number of amides is 1. The summed E-state index contributed by atoms with van der Waals surface area (Å²) in [5.41, 5.74) is 6.56. The Balaban J connectivity index is 2.18. The predicted molar refractivity (Wildman–Crippen MR) is 72.4 cm³/mol. The molecule has 17 heavy (non-hydrogen) atoms. The van der Waals surface area contributed by atoms with Gasteiger partial charge in [-0.3, -0.25) is 4.79 Å². The van der Waals surface area contributed by atoms with E-state index < -0.39 is 0 Å². The molecule has 3 nitrogen and oxygen atoms in total. The first kappa shape index (κ1) is 12.5. The molecule has 0 unspecified atom stereocenters. The molecule has 2 rings (SSSR count). The number of benzene rings is 1. The van der Waals surface area contributed by atoms with Crippen LogP contribution in [0.3, 0.4) is 0 Å². The normalized spacial score (nSPS) is 15.6. The molecule has 2 N–H and O–H groups in total. The largest absolute Gasteiger partial charge is 0.330 e. The van der Waals surface area contributed by atoms with Crippen molar-refractivity contribution in [1.82, 2.24) is 0 Å². The highest BCUT2D eigenvalue weighted by Crippen LogP contribution is 2.33. The van der Waals surface area contributed by atoms with E-state index in [4.69, 9.17) is 5.73 Å². The molecule has 0 saturated carbocycles. The van der Waals surface area contributed by atoms with Gasteiger partial charge in [-0.05, 0) is 31.5 Å². The van der Waals surface area contributed by atoms with Crippen molar-refractivity contribution in [2.45, 2.75) is 24.2 Å². The van der Waals surface area contributed by atoms with Gasteiger partial charge >= 0.3 is 0 Å². The maximum atomic E-state index is 12.1. The fourth-order valence-corrected chi connectivity index (χ4v) is 2.98. The number of thioether (sulfide) groups is 1. The molecule has 1 aromatic carbocycles. The fourth-order valence-electron chi connectivity index (χ4n) is 1.98. The third-order valence-corrected chi connectivity index (χ3v) is 3.93. The molecule has 1 amide bonds. The summed E-state index contributed by atoms with van der Waals surface area (Å²) in [6.45, 7) is 1.48. The molecular formula is C13H18N2OS. The summed E-state index contributed by atoms with van der Waals surface area (Å²) in [7, 11) is 0. The number of rotatable bonds is 4. The first-order valence-corrected chi connectivity index (χ1v) is 7.04. The fraction of sp³-hybridized carbons (Fsp3) is 0.462. The number of carbonyl (C=O) groups excluding carboxylic acids is 1. The summed E-state index contributed by atoms with van der Waals surface area (Å²) >= 11 is 1.77. The number of unbranched alkanes of at least 4 members (excludes halogenated alkanes) is 1. The lowest BCUT2D eigenvalue weighted by atomic mass is 10.2. The molecule has 1 aromatic rings. The zero-order chi connectivity index (χ0) is 12.1. The second-order valence-corrected chi connectivity index (χ2v) is 5.24. The van der Waals surface area contributed by atoms with Crippen molar-refractivity contribution >= 4 is 23.4 Å². The van der Waals surface area contributed by atoms with E-state index in [1.807, 2.05) is 23.1 Å². The number of fused-ring (bicyclic) bond motifs is 1. The summed E-state index contributed by atoms with van der Waals surface area (Å²) in [6.07, 6.45) is 2.57. The van der Waals surface area contributed by atoms with E-state index >= 15 is 0 Å². The monoisotopic (exact) mass is 250 g/mol. The highest BCUT2D eigenvalue weighted by atomic mass is 32.2. The Hall–Kier alpha value is -1.00. The average molecular weight is 250 g/mol. The van der Waals surface area contributed by atoms with Crippen LogP contribution in [0, 0.1) is 0 Å². The zero-order valence-electron chi connectivity index (χ0n) is 9.89. The topological polar surface area (TPSA) is 46.3 Å². The average Bonchev–Trinajstić information content (AvgIpc) is 2.50. The van der Waals surface area contributed by atoms with Crippen LogP contribution in [0.1, 0.15) is 19.3 Å². The van der Waals surface area contributed by atoms with Gasteiger partial charge in [0.25, 0.3) is 0 Å². The van der Waals surface area contributed by atoms with Gasteiger partial charge in [-0.15, -0.1) is 11.8 Å². The molecule has 0 aliphatic carbocycles. The van der Waals surface area contributed by atoms with Crippen LogP contribution in [0.2, 0.25) is 0 Å². The summed E-state index contributed by atoms with van der Waals surface area (Å²) < 4.78 is 0. The van der Waals surface area contributed by atoms with E-state index in [2.05, 4.69) is 6.07 Å². The Morgan fingerprint density at radius 3 is 2.94 bits per heavy atom. The van der Waals surface area contributed by atoms with E-state index in [9.17, 15) is 4.79 Å². The van der Waals surface area contributed by atoms with Crippen LogP contribution in [-0.2, 0) is 4.79 Å². The quantitative estimate of drug-likeness (QED) is 0.834. The smallest absolute Gasteiger partial charge is 0.227 e. The minimum atomic E-state index is 0.236. The standard InChI is InChI=1S/C13H18N2OS/c14-8-3-4-9-15-11-5-1-2-6-12(11)17-10-7-13(15)16/h1-2,5-6H,3-4,7-10,14H2. The first-order valence-electron chi connectivity index (χ1n) is 6.05. The summed E-state index contributed by atoms with van der Waals surface area (Å²) in [5, 5.41) is 0. The Bertz CT molecular complexity index is 395. The number of anilines is 1. The lowest BCUT2D eigenvalue weighted by molar-refractivity contribution is -0.118. The van der Waals surface area contributed by atoms with Gasteiger partial charge in [0.05, 0.1) is 5.69 Å². The van der Waals surface area contributed by atoms with E-state index in [0.717, 1.165) is 30.8 Å². The second-order valence-electron chi connectivity index (χ2n) is 4.11. The van der Waals surface area contributed by atoms with Crippen molar-refractivity contribution in [3.05, 3.63) is 24.3 Å². The zero-order valence-corrected chi connectivity index (χ0v) is 10.7.